The Balaban J connectivity index is 1.51. The molecular weight excluding hydrogens is 377 g/mol. The summed E-state index contributed by atoms with van der Waals surface area (Å²) in [5.41, 5.74) is 4.12. The molecule has 150 valence electrons. The molecule has 0 amide bonds. The lowest BCUT2D eigenvalue weighted by molar-refractivity contribution is 0.115. The van der Waals surface area contributed by atoms with Gasteiger partial charge in [-0.3, -0.25) is 9.69 Å². The zero-order valence-corrected chi connectivity index (χ0v) is 16.6. The van der Waals surface area contributed by atoms with Crippen molar-refractivity contribution >= 4 is 0 Å². The van der Waals surface area contributed by atoms with Crippen LogP contribution >= 0.6 is 0 Å². The molecule has 2 bridgehead atoms. The van der Waals surface area contributed by atoms with Crippen molar-refractivity contribution in [3.8, 4) is 17.2 Å². The molecule has 2 aliphatic heterocycles. The van der Waals surface area contributed by atoms with Crippen LogP contribution in [0.1, 0.15) is 29.2 Å². The minimum absolute atomic E-state index is 0.00467. The van der Waals surface area contributed by atoms with Gasteiger partial charge in [-0.25, -0.2) is 4.39 Å². The number of fused-ring (bicyclic) bond motifs is 4. The van der Waals surface area contributed by atoms with E-state index in [0.717, 1.165) is 42.9 Å². The van der Waals surface area contributed by atoms with E-state index in [1.54, 1.807) is 24.3 Å². The highest BCUT2D eigenvalue weighted by Gasteiger charge is 2.36. The molecule has 5 heteroatoms. The summed E-state index contributed by atoms with van der Waals surface area (Å²) in [6.45, 7) is 3.18. The molecule has 2 aliphatic rings. The van der Waals surface area contributed by atoms with Gasteiger partial charge in [0.1, 0.15) is 5.82 Å². The Hall–Kier alpha value is -3.23. The minimum Gasteiger partial charge on any atom is -0.311 e. The molecular formula is C25H22FN3O. The van der Waals surface area contributed by atoms with Crippen LogP contribution < -0.4 is 5.56 Å². The number of halogens is 1. The first-order valence-corrected chi connectivity index (χ1v) is 10.3. The fourth-order valence-electron chi connectivity index (χ4n) is 5.15. The first-order chi connectivity index (χ1) is 14.6. The van der Waals surface area contributed by atoms with Crippen LogP contribution in [0, 0.1) is 23.1 Å². The van der Waals surface area contributed by atoms with Gasteiger partial charge >= 0.3 is 0 Å². The Labute approximate surface area is 174 Å². The average Bonchev–Trinajstić information content (AvgIpc) is 2.75. The lowest BCUT2D eigenvalue weighted by Gasteiger charge is -2.43. The number of pyridine rings is 1. The quantitative estimate of drug-likeness (QED) is 0.665. The Morgan fingerprint density at radius 2 is 1.87 bits per heavy atom. The molecule has 0 unspecified atom stereocenters. The Morgan fingerprint density at radius 1 is 1.00 bits per heavy atom. The largest absolute Gasteiger partial charge is 0.311 e. The van der Waals surface area contributed by atoms with Crippen LogP contribution in [0.25, 0.3) is 11.1 Å². The fraction of sp³-hybridized carbons (Fsp3) is 0.280. The number of nitrogens with zero attached hydrogens (tertiary/aromatic N) is 3. The number of aromatic nitrogens is 1. The van der Waals surface area contributed by atoms with Crippen LogP contribution in [0.2, 0.25) is 0 Å². The average molecular weight is 399 g/mol. The first kappa shape index (κ1) is 18.8. The molecule has 30 heavy (non-hydrogen) atoms. The first-order valence-electron chi connectivity index (χ1n) is 10.3. The van der Waals surface area contributed by atoms with Gasteiger partial charge in [-0.1, -0.05) is 30.3 Å². The van der Waals surface area contributed by atoms with Crippen molar-refractivity contribution in [1.29, 1.82) is 5.26 Å². The van der Waals surface area contributed by atoms with Crippen molar-refractivity contribution < 1.29 is 4.39 Å². The summed E-state index contributed by atoms with van der Waals surface area (Å²) >= 11 is 0. The SMILES string of the molecule is N#Cc1cccc(CN2C[C@@H]3C[C@H](C2)c2c(-c4ccccc4F)ccc(=O)n2C3)c1. The summed E-state index contributed by atoms with van der Waals surface area (Å²) in [4.78, 5) is 15.0. The number of benzene rings is 2. The van der Waals surface area contributed by atoms with Gasteiger partial charge < -0.3 is 4.57 Å². The third kappa shape index (κ3) is 3.34. The minimum atomic E-state index is -0.262. The number of likely N-dealkylation sites (tertiary alicyclic amines) is 1. The van der Waals surface area contributed by atoms with E-state index < -0.39 is 0 Å². The van der Waals surface area contributed by atoms with Crippen molar-refractivity contribution in [1.82, 2.24) is 9.47 Å². The van der Waals surface area contributed by atoms with E-state index in [1.807, 2.05) is 28.8 Å². The number of piperidine rings is 1. The smallest absolute Gasteiger partial charge is 0.250 e. The van der Waals surface area contributed by atoms with Crippen LogP contribution in [0.5, 0.6) is 0 Å². The second-order valence-electron chi connectivity index (χ2n) is 8.37. The standard InChI is InChI=1S/C25H22FN3O/c26-23-7-2-1-6-21(23)22-8-9-24(30)29-15-19-11-20(25(22)29)16-28(14-19)13-18-5-3-4-17(10-18)12-27/h1-10,19-20H,11,13-16H2/t19-,20+/m0/s1. The monoisotopic (exact) mass is 399 g/mol. The maximum absolute atomic E-state index is 14.6. The van der Waals surface area contributed by atoms with E-state index in [1.165, 1.54) is 6.07 Å². The molecule has 4 nitrogen and oxygen atoms in total. The van der Waals surface area contributed by atoms with Crippen LogP contribution in [0.15, 0.2) is 65.5 Å². The van der Waals surface area contributed by atoms with E-state index in [2.05, 4.69) is 17.0 Å². The van der Waals surface area contributed by atoms with Crippen molar-refractivity contribution in [2.75, 3.05) is 13.1 Å². The topological polar surface area (TPSA) is 49.0 Å². The van der Waals surface area contributed by atoms with Crippen LogP contribution in [-0.4, -0.2) is 22.6 Å². The Kier molecular flexibility index (Phi) is 4.72. The molecule has 0 radical (unpaired) electrons. The highest BCUT2D eigenvalue weighted by Crippen LogP contribution is 2.40. The van der Waals surface area contributed by atoms with Gasteiger partial charge in [0.25, 0.3) is 5.56 Å². The van der Waals surface area contributed by atoms with E-state index in [9.17, 15) is 9.18 Å². The van der Waals surface area contributed by atoms with E-state index in [0.29, 0.717) is 23.6 Å². The molecule has 0 spiro atoms. The van der Waals surface area contributed by atoms with Gasteiger partial charge in [-0.05, 0) is 42.2 Å². The second-order valence-corrected chi connectivity index (χ2v) is 8.37. The molecule has 3 aromatic rings. The Morgan fingerprint density at radius 3 is 2.70 bits per heavy atom. The zero-order chi connectivity index (χ0) is 20.7. The van der Waals surface area contributed by atoms with E-state index in [4.69, 9.17) is 5.26 Å². The summed E-state index contributed by atoms with van der Waals surface area (Å²) in [7, 11) is 0. The van der Waals surface area contributed by atoms with Crippen molar-refractivity contribution in [2.24, 2.45) is 5.92 Å². The number of rotatable bonds is 3. The predicted molar refractivity (Wildman–Crippen MR) is 113 cm³/mol. The molecule has 2 atom stereocenters. The lowest BCUT2D eigenvalue weighted by Crippen LogP contribution is -2.47. The molecule has 1 fully saturated rings. The van der Waals surface area contributed by atoms with Crippen LogP contribution in [0.4, 0.5) is 4.39 Å². The summed E-state index contributed by atoms with van der Waals surface area (Å²) in [5.74, 6) is 0.311. The molecule has 5 rings (SSSR count). The maximum atomic E-state index is 14.6. The summed E-state index contributed by atoms with van der Waals surface area (Å²) in [5, 5.41) is 9.17. The molecule has 2 aromatic carbocycles. The zero-order valence-electron chi connectivity index (χ0n) is 16.6. The number of nitriles is 1. The summed E-state index contributed by atoms with van der Waals surface area (Å²) < 4.78 is 16.4. The highest BCUT2D eigenvalue weighted by molar-refractivity contribution is 5.67. The van der Waals surface area contributed by atoms with Crippen molar-refractivity contribution in [2.45, 2.75) is 25.4 Å². The third-order valence-electron chi connectivity index (χ3n) is 6.29. The van der Waals surface area contributed by atoms with E-state index >= 15 is 0 Å². The maximum Gasteiger partial charge on any atom is 0.250 e. The molecule has 0 saturated carbocycles. The van der Waals surface area contributed by atoms with E-state index in [-0.39, 0.29) is 17.3 Å². The van der Waals surface area contributed by atoms with Crippen molar-refractivity contribution in [3.63, 3.8) is 0 Å². The predicted octanol–water partition coefficient (Wildman–Crippen LogP) is 4.15. The third-order valence-corrected chi connectivity index (χ3v) is 6.29. The molecule has 1 saturated heterocycles. The fourth-order valence-corrected chi connectivity index (χ4v) is 5.15. The normalized spacial score (nSPS) is 20.4. The number of hydrogen-bond acceptors (Lipinski definition) is 3. The van der Waals surface area contributed by atoms with Gasteiger partial charge in [0.15, 0.2) is 0 Å². The van der Waals surface area contributed by atoms with Gasteiger partial charge in [0, 0.05) is 55.0 Å². The summed E-state index contributed by atoms with van der Waals surface area (Å²) in [6, 6.07) is 20.1. The second kappa shape index (κ2) is 7.55. The van der Waals surface area contributed by atoms with Gasteiger partial charge in [0.05, 0.1) is 11.6 Å². The van der Waals surface area contributed by atoms with Gasteiger partial charge in [-0.15, -0.1) is 0 Å². The summed E-state index contributed by atoms with van der Waals surface area (Å²) in [6.07, 6.45) is 1.01. The van der Waals surface area contributed by atoms with Gasteiger partial charge in [0.2, 0.25) is 0 Å². The van der Waals surface area contributed by atoms with Gasteiger partial charge in [-0.2, -0.15) is 5.26 Å². The highest BCUT2D eigenvalue weighted by atomic mass is 19.1. The van der Waals surface area contributed by atoms with Crippen LogP contribution in [0.3, 0.4) is 0 Å². The number of hydrogen-bond donors (Lipinski definition) is 0. The molecule has 1 aromatic heterocycles. The van der Waals surface area contributed by atoms with Crippen molar-refractivity contribution in [3.05, 3.63) is 93.7 Å². The molecule has 3 heterocycles. The lowest BCUT2D eigenvalue weighted by atomic mass is 9.80. The molecule has 0 N–H and O–H groups in total. The molecule has 0 aliphatic carbocycles. The Bertz CT molecular complexity index is 1210. The van der Waals surface area contributed by atoms with Crippen LogP contribution in [-0.2, 0) is 13.1 Å².